The van der Waals surface area contributed by atoms with E-state index >= 15 is 0 Å². The maximum absolute atomic E-state index is 7.16. The normalized spacial score (nSPS) is 12.8. The maximum atomic E-state index is 7.16. The van der Waals surface area contributed by atoms with Crippen molar-refractivity contribution >= 4 is 21.8 Å². The van der Waals surface area contributed by atoms with Gasteiger partial charge in [0.25, 0.3) is 6.33 Å². The third-order valence-electron chi connectivity index (χ3n) is 15.7. The molecular weight excluding hydrogens is 1130 g/mol. The molecule has 0 bridgehead atoms. The average Bonchev–Trinajstić information content (AvgIpc) is 4.03. The quantitative estimate of drug-likeness (QED) is 0.101. The van der Waals surface area contributed by atoms with Gasteiger partial charge < -0.3 is 13.9 Å². The molecule has 7 aromatic carbocycles. The van der Waals surface area contributed by atoms with Crippen LogP contribution in [0.1, 0.15) is 156 Å². The molecule has 0 aliphatic carbocycles. The van der Waals surface area contributed by atoms with E-state index in [1.807, 2.05) is 12.3 Å². The smallest absolute Gasteiger partial charge is 0.267 e. The van der Waals surface area contributed by atoms with Crippen LogP contribution in [0.5, 0.6) is 11.5 Å². The van der Waals surface area contributed by atoms with E-state index in [1.165, 1.54) is 39.1 Å². The molecule has 10 aromatic rings. The van der Waals surface area contributed by atoms with Gasteiger partial charge in [0, 0.05) is 49.7 Å². The summed E-state index contributed by atoms with van der Waals surface area (Å²) in [6.07, 6.45) is 5.95. The number of fused-ring (bicyclic) bond motifs is 3. The van der Waals surface area contributed by atoms with Gasteiger partial charge in [-0.3, -0.25) is 4.57 Å². The maximum Gasteiger partial charge on any atom is 0.267 e. The van der Waals surface area contributed by atoms with Crippen LogP contribution in [0, 0.1) is 18.5 Å². The number of imidazole rings is 1. The van der Waals surface area contributed by atoms with Gasteiger partial charge in [0.2, 0.25) is 0 Å². The summed E-state index contributed by atoms with van der Waals surface area (Å²) >= 11 is 0. The molecular formula is C72H76N4OPt-2. The molecule has 0 saturated heterocycles. The van der Waals surface area contributed by atoms with Crippen molar-refractivity contribution in [2.75, 3.05) is 0 Å². The first-order chi connectivity index (χ1) is 36.2. The topological polar surface area (TPSA) is 35.9 Å². The fourth-order valence-corrected chi connectivity index (χ4v) is 11.0. The van der Waals surface area contributed by atoms with E-state index in [0.29, 0.717) is 11.5 Å². The molecule has 0 N–H and O–H groups in total. The van der Waals surface area contributed by atoms with Crippen LogP contribution in [0.25, 0.3) is 50.1 Å². The molecule has 402 valence electrons. The molecule has 6 heteroatoms. The van der Waals surface area contributed by atoms with E-state index in [2.05, 4.69) is 301 Å². The van der Waals surface area contributed by atoms with Gasteiger partial charge in [0.1, 0.15) is 5.82 Å². The predicted molar refractivity (Wildman–Crippen MR) is 320 cm³/mol. The van der Waals surface area contributed by atoms with Crippen molar-refractivity contribution in [2.45, 2.75) is 143 Å². The van der Waals surface area contributed by atoms with Crippen molar-refractivity contribution in [3.05, 3.63) is 233 Å². The standard InChI is InChI=1S/C72H76N4O.Pt/c1-67(2,3)52-36-37-73-64(44-52)76-62-35-32-49(48-26-20-17-21-27-48)38-61(62)60-34-33-58(46-63(60)76)77-59-43-55(72(15,16)51-30-24-19-25-31-51)42-57(45-59)75-47-74(65(69(7,8)9)66(75)70(10,11)12)56-40-53(68(4,5)6)39-54(41-56)71(13,14)50-28-22-18-23-29-50;/h17-44H,1-16H3;/q-2;. The van der Waals surface area contributed by atoms with Gasteiger partial charge in [-0.05, 0) is 107 Å². The summed E-state index contributed by atoms with van der Waals surface area (Å²) in [5.41, 5.74) is 14.4. The summed E-state index contributed by atoms with van der Waals surface area (Å²) in [5, 5.41) is 2.19. The third kappa shape index (κ3) is 10.7. The zero-order valence-corrected chi connectivity index (χ0v) is 51.0. The van der Waals surface area contributed by atoms with Crippen LogP contribution in [-0.4, -0.2) is 14.1 Å². The second kappa shape index (κ2) is 20.4. The van der Waals surface area contributed by atoms with Gasteiger partial charge in [0.05, 0.1) is 17.1 Å². The van der Waals surface area contributed by atoms with Gasteiger partial charge in [-0.2, -0.15) is 12.1 Å². The molecule has 0 saturated carbocycles. The Kier molecular flexibility index (Phi) is 14.7. The number of hydrogen-bond acceptors (Lipinski definition) is 2. The number of benzene rings is 7. The van der Waals surface area contributed by atoms with Crippen LogP contribution >= 0.6 is 0 Å². The monoisotopic (exact) mass is 1210 g/mol. The van der Waals surface area contributed by atoms with Crippen molar-refractivity contribution in [1.82, 2.24) is 14.1 Å². The number of ether oxygens (including phenoxy) is 1. The van der Waals surface area contributed by atoms with Crippen molar-refractivity contribution in [3.63, 3.8) is 0 Å². The molecule has 0 aliphatic heterocycles. The Balaban J connectivity index is 0.00000740. The van der Waals surface area contributed by atoms with E-state index in [1.54, 1.807) is 0 Å². The molecule has 3 aromatic heterocycles. The molecule has 0 aliphatic rings. The van der Waals surface area contributed by atoms with E-state index in [0.717, 1.165) is 55.8 Å². The third-order valence-corrected chi connectivity index (χ3v) is 15.7. The molecule has 0 unspecified atom stereocenters. The summed E-state index contributed by atoms with van der Waals surface area (Å²) in [7, 11) is 0. The van der Waals surface area contributed by atoms with Crippen LogP contribution < -0.4 is 9.30 Å². The molecule has 10 rings (SSSR count). The summed E-state index contributed by atoms with van der Waals surface area (Å²) < 4.78 is 14.0. The molecule has 0 radical (unpaired) electrons. The fourth-order valence-electron chi connectivity index (χ4n) is 11.0. The van der Waals surface area contributed by atoms with E-state index in [4.69, 9.17) is 9.72 Å². The predicted octanol–water partition coefficient (Wildman–Crippen LogP) is 17.9. The van der Waals surface area contributed by atoms with Crippen molar-refractivity contribution in [1.29, 1.82) is 0 Å². The zero-order chi connectivity index (χ0) is 55.0. The van der Waals surface area contributed by atoms with E-state index in [9.17, 15) is 0 Å². The minimum Gasteiger partial charge on any atom is -0.510 e. The summed E-state index contributed by atoms with van der Waals surface area (Å²) in [6, 6.07) is 66.8. The van der Waals surface area contributed by atoms with Gasteiger partial charge in [-0.25, -0.2) is 4.98 Å². The van der Waals surface area contributed by atoms with E-state index in [-0.39, 0.29) is 48.1 Å². The first kappa shape index (κ1) is 55.9. The van der Waals surface area contributed by atoms with Crippen LogP contribution in [0.15, 0.2) is 170 Å². The SMILES string of the molecule is CC(C)(C)c1cc(-[n+]2[c-]n(-c3[c-]c(Oc4[c-]c5c(cc4)c4cc(-c6ccccc6)ccc4n5-c4cc(C(C)(C)C)ccn4)cc(C(C)(C)c4ccccc4)c3)c(C(C)(C)C)c2C(C)(C)C)cc(C(C)(C)c2ccccc2)c1.[Pt]. The van der Waals surface area contributed by atoms with E-state index < -0.39 is 5.41 Å². The first-order valence-electron chi connectivity index (χ1n) is 27.4. The van der Waals surface area contributed by atoms with Crippen LogP contribution in [-0.2, 0) is 53.6 Å². The van der Waals surface area contributed by atoms with Crippen molar-refractivity contribution < 1.29 is 30.4 Å². The van der Waals surface area contributed by atoms with Crippen LogP contribution in [0.4, 0.5) is 0 Å². The Morgan fingerprint density at radius 2 is 1.03 bits per heavy atom. The zero-order valence-electron chi connectivity index (χ0n) is 48.7. The Hall–Kier alpha value is -6.81. The largest absolute Gasteiger partial charge is 0.510 e. The number of nitrogens with zero attached hydrogens (tertiary/aromatic N) is 4. The molecule has 0 fully saturated rings. The Morgan fingerprint density at radius 3 is 1.60 bits per heavy atom. The fraction of sp³-hybridized carbons (Fsp3) is 0.306. The Labute approximate surface area is 479 Å². The number of pyridine rings is 1. The second-order valence-electron chi connectivity index (χ2n) is 26.4. The minimum atomic E-state index is -0.416. The molecule has 5 nitrogen and oxygen atoms in total. The molecule has 0 spiro atoms. The summed E-state index contributed by atoms with van der Waals surface area (Å²) in [5.74, 6) is 2.01. The molecule has 0 amide bonds. The molecule has 0 atom stereocenters. The minimum absolute atomic E-state index is 0. The van der Waals surface area contributed by atoms with Crippen LogP contribution in [0.2, 0.25) is 0 Å². The first-order valence-corrected chi connectivity index (χ1v) is 27.4. The summed E-state index contributed by atoms with van der Waals surface area (Å²) in [4.78, 5) is 5.01. The van der Waals surface area contributed by atoms with Gasteiger partial charge >= 0.3 is 0 Å². The Bertz CT molecular complexity index is 3800. The number of aromatic nitrogens is 4. The molecule has 78 heavy (non-hydrogen) atoms. The second-order valence-corrected chi connectivity index (χ2v) is 26.4. The van der Waals surface area contributed by atoms with Crippen molar-refractivity contribution in [2.24, 2.45) is 0 Å². The Morgan fingerprint density at radius 1 is 0.449 bits per heavy atom. The summed E-state index contributed by atoms with van der Waals surface area (Å²) in [6.45, 7) is 36.8. The molecule has 3 heterocycles. The van der Waals surface area contributed by atoms with Gasteiger partial charge in [0.15, 0.2) is 0 Å². The number of rotatable bonds is 10. The average molecular weight is 1210 g/mol. The van der Waals surface area contributed by atoms with Crippen molar-refractivity contribution in [3.8, 4) is 39.8 Å². The number of hydrogen-bond donors (Lipinski definition) is 0. The van der Waals surface area contributed by atoms with Gasteiger partial charge in [-0.15, -0.1) is 35.2 Å². The van der Waals surface area contributed by atoms with Crippen LogP contribution in [0.3, 0.4) is 0 Å². The van der Waals surface area contributed by atoms with Gasteiger partial charge in [-0.1, -0.05) is 225 Å².